The van der Waals surface area contributed by atoms with Crippen LogP contribution in [0.1, 0.15) is 0 Å². The lowest BCUT2D eigenvalue weighted by Gasteiger charge is -2.09. The molecule has 1 heterocycles. The first-order chi connectivity index (χ1) is 4.43. The average molecular weight is 240 g/mol. The highest BCUT2D eigenvalue weighted by Crippen LogP contribution is 2.09. The second-order valence-electron chi connectivity index (χ2n) is 1.62. The van der Waals surface area contributed by atoms with Crippen LogP contribution in [-0.2, 0) is 9.78 Å². The first-order valence-corrected chi connectivity index (χ1v) is 5.48. The van der Waals surface area contributed by atoms with Crippen LogP contribution in [0.25, 0.3) is 0 Å². The smallest absolute Gasteiger partial charge is 0.120 e. The molecule has 1 aliphatic rings. The summed E-state index contributed by atoms with van der Waals surface area (Å²) in [4.78, 5) is 9.44. The lowest BCUT2D eigenvalue weighted by Crippen LogP contribution is -2.12. The van der Waals surface area contributed by atoms with Crippen LogP contribution in [-0.4, -0.2) is 21.7 Å². The molecule has 0 saturated heterocycles. The molecule has 3 heteroatoms. The van der Waals surface area contributed by atoms with E-state index in [1.807, 2.05) is 6.08 Å². The van der Waals surface area contributed by atoms with E-state index in [0.717, 1.165) is 4.43 Å². The van der Waals surface area contributed by atoms with Crippen molar-refractivity contribution in [3.8, 4) is 0 Å². The number of alkyl halides is 1. The maximum absolute atomic E-state index is 4.90. The van der Waals surface area contributed by atoms with Gasteiger partial charge in [0.1, 0.15) is 6.10 Å². The molecule has 9 heavy (non-hydrogen) atoms. The van der Waals surface area contributed by atoms with E-state index in [0.29, 0.717) is 0 Å². The fraction of sp³-hybridized carbons (Fsp3) is 0.500. The van der Waals surface area contributed by atoms with E-state index < -0.39 is 0 Å². The largest absolute Gasteiger partial charge is 0.239 e. The molecular formula is C6H9IO2. The van der Waals surface area contributed by atoms with Gasteiger partial charge in [-0.15, -0.1) is 20.7 Å². The molecule has 1 aliphatic heterocycles. The highest BCUT2D eigenvalue weighted by Gasteiger charge is 2.04. The molecule has 52 valence electrons. The Morgan fingerprint density at radius 3 is 3.11 bits per heavy atom. The number of allylic oxidation sites excluding steroid dienone is 1. The number of hydrogen-bond acceptors (Lipinski definition) is 2. The Morgan fingerprint density at radius 2 is 2.56 bits per heavy atom. The van der Waals surface area contributed by atoms with Crippen LogP contribution in [0.3, 0.4) is 0 Å². The second kappa shape index (κ2) is 4.14. The Kier molecular flexibility index (Phi) is 3.39. The predicted molar refractivity (Wildman–Crippen MR) is 46.0 cm³/mol. The Labute approximate surface area is 64.5 Å². The molecule has 1 atom stereocenters. The van der Waals surface area contributed by atoms with E-state index in [1.165, 1.54) is 0 Å². The summed E-state index contributed by atoms with van der Waals surface area (Å²) in [5.41, 5.74) is 0. The third kappa shape index (κ3) is 2.55. The van der Waals surface area contributed by atoms with Crippen molar-refractivity contribution in [3.05, 3.63) is 12.2 Å². The van der Waals surface area contributed by atoms with E-state index in [2.05, 4.69) is 15.0 Å². The van der Waals surface area contributed by atoms with Crippen molar-refractivity contribution in [2.24, 2.45) is 0 Å². The minimum atomic E-state index is 0.216. The summed E-state index contributed by atoms with van der Waals surface area (Å²) in [6.45, 7) is 0. The third-order valence-corrected chi connectivity index (χ3v) is 3.25. The molecule has 0 fully saturated rings. The van der Waals surface area contributed by atoms with E-state index in [1.54, 1.807) is 7.11 Å². The molecule has 2 nitrogen and oxygen atoms in total. The normalized spacial score (nSPS) is 25.7. The van der Waals surface area contributed by atoms with Crippen molar-refractivity contribution in [2.75, 3.05) is 11.5 Å². The Morgan fingerprint density at radius 1 is 1.67 bits per heavy atom. The molecule has 1 rings (SSSR count). The molecular weight excluding hydrogens is 231 g/mol. The van der Waals surface area contributed by atoms with E-state index in [-0.39, 0.29) is 26.8 Å². The second-order valence-corrected chi connectivity index (χ2v) is 4.10. The molecule has 0 N–H and O–H groups in total. The predicted octanol–water partition coefficient (Wildman–Crippen LogP) is 1.28. The lowest BCUT2D eigenvalue weighted by molar-refractivity contribution is -0.287. The highest BCUT2D eigenvalue weighted by atomic mass is 127. The van der Waals surface area contributed by atoms with Crippen LogP contribution < -0.4 is 0 Å². The maximum atomic E-state index is 4.90. The maximum Gasteiger partial charge on any atom is 0.120 e. The number of rotatable bonds is 2. The molecule has 0 aromatic heterocycles. The Hall–Kier alpha value is 0.260. The van der Waals surface area contributed by atoms with E-state index in [9.17, 15) is 0 Å². The topological polar surface area (TPSA) is 18.5 Å². The lowest BCUT2D eigenvalue weighted by atomic mass is 10.4. The number of hydrogen-bond donors (Lipinski definition) is 0. The van der Waals surface area contributed by atoms with Crippen molar-refractivity contribution in [3.63, 3.8) is 0 Å². The number of halogens is 1. The fourth-order valence-electron chi connectivity index (χ4n) is 0.589. The van der Waals surface area contributed by atoms with Gasteiger partial charge >= 0.3 is 0 Å². The van der Waals surface area contributed by atoms with Gasteiger partial charge in [0.15, 0.2) is 0 Å². The highest BCUT2D eigenvalue weighted by molar-refractivity contribution is 14.2. The zero-order valence-electron chi connectivity index (χ0n) is 5.21. The molecule has 0 aromatic rings. The average Bonchev–Trinajstić information content (AvgIpc) is 1.91. The van der Waals surface area contributed by atoms with Crippen molar-refractivity contribution in [2.45, 2.75) is 6.10 Å². The standard InChI is InChI=1S/C6H9IO2/c1-8-9-6-3-2-4-7-5-6/h2-4,6H,5H2,1H3. The first-order valence-electron chi connectivity index (χ1n) is 2.70. The summed E-state index contributed by atoms with van der Waals surface area (Å²) in [5.74, 6) is 0. The zero-order valence-corrected chi connectivity index (χ0v) is 7.37. The fourth-order valence-corrected chi connectivity index (χ4v) is 2.36. The van der Waals surface area contributed by atoms with Crippen molar-refractivity contribution in [1.29, 1.82) is 0 Å². The molecule has 1 unspecified atom stereocenters. The monoisotopic (exact) mass is 240 g/mol. The van der Waals surface area contributed by atoms with Crippen LogP contribution >= 0.6 is 20.7 Å². The minimum Gasteiger partial charge on any atom is -0.239 e. The van der Waals surface area contributed by atoms with Gasteiger partial charge in [-0.1, -0.05) is 12.2 Å². The first kappa shape index (κ1) is 7.37. The minimum absolute atomic E-state index is 0.216. The Bertz CT molecular complexity index is 131. The summed E-state index contributed by atoms with van der Waals surface area (Å²) < 4.78 is 3.37. The molecule has 0 amide bonds. The van der Waals surface area contributed by atoms with Gasteiger partial charge in [0.05, 0.1) is 7.11 Å². The van der Waals surface area contributed by atoms with Crippen LogP contribution in [0.4, 0.5) is 0 Å². The van der Waals surface area contributed by atoms with Crippen LogP contribution in [0.5, 0.6) is 0 Å². The van der Waals surface area contributed by atoms with Crippen molar-refractivity contribution < 1.29 is 9.78 Å². The van der Waals surface area contributed by atoms with Gasteiger partial charge < -0.3 is 0 Å². The van der Waals surface area contributed by atoms with E-state index in [4.69, 9.17) is 4.89 Å². The van der Waals surface area contributed by atoms with Crippen LogP contribution in [0, 0.1) is 0 Å². The van der Waals surface area contributed by atoms with Gasteiger partial charge in [-0.05, 0) is 4.01 Å². The van der Waals surface area contributed by atoms with Gasteiger partial charge in [0.25, 0.3) is 0 Å². The van der Waals surface area contributed by atoms with Crippen molar-refractivity contribution >= 4 is 24.7 Å². The van der Waals surface area contributed by atoms with Crippen LogP contribution in [0.15, 0.2) is 12.2 Å². The molecule has 0 radical (unpaired) electrons. The summed E-state index contributed by atoms with van der Waals surface area (Å²) in [6.07, 6.45) is 4.29. The van der Waals surface area contributed by atoms with Gasteiger partial charge in [-0.25, -0.2) is 9.78 Å². The molecule has 0 aromatic carbocycles. The quantitative estimate of drug-likeness (QED) is 0.313. The Balaban J connectivity index is 2.28. The van der Waals surface area contributed by atoms with Gasteiger partial charge in [-0.2, -0.15) is 0 Å². The SMILES string of the molecule is COOC1C=CC=IC1. The molecule has 0 spiro atoms. The van der Waals surface area contributed by atoms with Crippen LogP contribution in [0.2, 0.25) is 0 Å². The summed E-state index contributed by atoms with van der Waals surface area (Å²) >= 11 is 0.245. The molecule has 0 aliphatic carbocycles. The molecule has 0 saturated carbocycles. The summed E-state index contributed by atoms with van der Waals surface area (Å²) in [6, 6.07) is 0. The summed E-state index contributed by atoms with van der Waals surface area (Å²) in [7, 11) is 1.55. The van der Waals surface area contributed by atoms with Gasteiger partial charge in [0.2, 0.25) is 0 Å². The van der Waals surface area contributed by atoms with E-state index >= 15 is 0 Å². The van der Waals surface area contributed by atoms with Gasteiger partial charge in [-0.3, -0.25) is 0 Å². The van der Waals surface area contributed by atoms with Crippen molar-refractivity contribution in [1.82, 2.24) is 0 Å². The summed E-state index contributed by atoms with van der Waals surface area (Å²) in [5, 5.41) is 0. The third-order valence-electron chi connectivity index (χ3n) is 0.949. The zero-order chi connectivity index (χ0) is 6.53. The van der Waals surface area contributed by atoms with Gasteiger partial charge in [0, 0.05) is 4.43 Å². The molecule has 0 bridgehead atoms.